The number of halogens is 4. The van der Waals surface area contributed by atoms with Crippen LogP contribution in [0.5, 0.6) is 0 Å². The molecule has 0 radical (unpaired) electrons. The first-order valence-electron chi connectivity index (χ1n) is 14.0. The zero-order valence-electron chi connectivity index (χ0n) is 24.7. The van der Waals surface area contributed by atoms with Crippen molar-refractivity contribution in [1.29, 1.82) is 0 Å². The Labute approximate surface area is 239 Å². The summed E-state index contributed by atoms with van der Waals surface area (Å²) in [6, 6.07) is 4.11. The van der Waals surface area contributed by atoms with E-state index in [2.05, 4.69) is 11.6 Å². The molecule has 5 nitrogen and oxygen atoms in total. The monoisotopic (exact) mass is 573 g/mol. The van der Waals surface area contributed by atoms with Crippen molar-refractivity contribution in [2.24, 2.45) is 10.9 Å². The highest BCUT2D eigenvalue weighted by Crippen LogP contribution is 2.44. The molecule has 1 saturated carbocycles. The maximum atomic E-state index is 14.6. The first-order valence-corrected chi connectivity index (χ1v) is 14.0. The molecule has 0 N–H and O–H groups in total. The average Bonchev–Trinajstić information content (AvgIpc) is 3.47. The van der Waals surface area contributed by atoms with E-state index in [1.165, 1.54) is 24.1 Å². The van der Waals surface area contributed by atoms with Crippen LogP contribution in [0.15, 0.2) is 69.9 Å². The number of hydrogen-bond donors (Lipinski definition) is 0. The second-order valence-electron chi connectivity index (χ2n) is 11.8. The van der Waals surface area contributed by atoms with Gasteiger partial charge < -0.3 is 14.5 Å². The minimum Gasteiger partial charge on any atom is -0.443 e. The Morgan fingerprint density at radius 3 is 2.51 bits per heavy atom. The summed E-state index contributed by atoms with van der Waals surface area (Å²) in [5.74, 6) is -0.439. The highest BCUT2D eigenvalue weighted by Gasteiger charge is 2.45. The Hall–Kier alpha value is -3.36. The van der Waals surface area contributed by atoms with Crippen LogP contribution in [0.3, 0.4) is 0 Å². The number of carbonyl (C=O) groups excluding carboxylic acids is 1. The summed E-state index contributed by atoms with van der Waals surface area (Å²) < 4.78 is 63.5. The Bertz CT molecular complexity index is 1350. The highest BCUT2D eigenvalue weighted by atomic mass is 19.4. The molecular formula is C32H39F4N3O2. The van der Waals surface area contributed by atoms with E-state index in [9.17, 15) is 22.4 Å². The molecule has 0 saturated heterocycles. The van der Waals surface area contributed by atoms with E-state index in [0.29, 0.717) is 36.1 Å². The third kappa shape index (κ3) is 6.76. The second kappa shape index (κ2) is 11.5. The Morgan fingerprint density at radius 1 is 1.24 bits per heavy atom. The number of ether oxygens (including phenoxy) is 1. The minimum atomic E-state index is -4.65. The number of carbonyl (C=O) groups is 1. The average molecular weight is 574 g/mol. The smallest absolute Gasteiger partial charge is 0.418 e. The topological polar surface area (TPSA) is 45.1 Å². The van der Waals surface area contributed by atoms with Crippen LogP contribution in [0.2, 0.25) is 0 Å². The fourth-order valence-corrected chi connectivity index (χ4v) is 5.51. The highest BCUT2D eigenvalue weighted by molar-refractivity contribution is 6.07. The lowest BCUT2D eigenvalue weighted by molar-refractivity contribution is -0.0889. The standard InChI is InChI=1S/C32H39F4N3O2/c1-19(2)27(23-10-9-22(5)39(16-20(3)14-23)30(40)41-31(6)12-13-31)28-26(32(34,35)36)18-38(29(28)37-7)17-24-15-25(33)11-8-21(24)4/h8,11,14-15,18,20,22H,1,9-10,12-13,16-17H2,2-7H3/b23-14-,28-27+,37-29?/t20-,22-/m1/s1. The first kappa shape index (κ1) is 30.6. The van der Waals surface area contributed by atoms with Crippen LogP contribution in [-0.4, -0.2) is 53.1 Å². The fraction of sp³-hybridized carbons (Fsp3) is 0.500. The quantitative estimate of drug-likeness (QED) is 0.335. The van der Waals surface area contributed by atoms with Gasteiger partial charge in [-0.25, -0.2) is 9.18 Å². The number of hydrogen-bond acceptors (Lipinski definition) is 3. The number of nitrogens with zero attached hydrogens (tertiary/aromatic N) is 3. The lowest BCUT2D eigenvalue weighted by Crippen LogP contribution is -2.43. The molecule has 0 aromatic heterocycles. The summed E-state index contributed by atoms with van der Waals surface area (Å²) in [4.78, 5) is 20.4. The SMILES string of the molecule is C=C(C)C(/C1=C\[C@@H](C)CN(C(=O)OC2(C)CC2)[C@H](C)CC1)=C1/C(C(F)(F)F)=CN(Cc2cc(F)ccc2C)C1=NC. The van der Waals surface area contributed by atoms with Gasteiger partial charge in [0.1, 0.15) is 17.3 Å². The molecule has 1 aromatic rings. The van der Waals surface area contributed by atoms with Gasteiger partial charge in [0.15, 0.2) is 0 Å². The van der Waals surface area contributed by atoms with Crippen LogP contribution in [0.25, 0.3) is 0 Å². The summed E-state index contributed by atoms with van der Waals surface area (Å²) in [5.41, 5.74) is 1.76. The van der Waals surface area contributed by atoms with Crippen LogP contribution in [0.4, 0.5) is 22.4 Å². The van der Waals surface area contributed by atoms with Gasteiger partial charge in [0.05, 0.1) is 5.57 Å². The van der Waals surface area contributed by atoms with E-state index in [-0.39, 0.29) is 36.0 Å². The largest absolute Gasteiger partial charge is 0.443 e. The molecule has 1 aromatic carbocycles. The van der Waals surface area contributed by atoms with Crippen molar-refractivity contribution in [2.75, 3.05) is 13.6 Å². The van der Waals surface area contributed by atoms with Crippen LogP contribution in [0, 0.1) is 18.7 Å². The summed E-state index contributed by atoms with van der Waals surface area (Å²) in [7, 11) is 1.46. The van der Waals surface area contributed by atoms with Crippen LogP contribution in [-0.2, 0) is 11.3 Å². The minimum absolute atomic E-state index is 0.0221. The number of amides is 1. The summed E-state index contributed by atoms with van der Waals surface area (Å²) in [5, 5.41) is 0. The molecular weight excluding hydrogens is 534 g/mol. The number of aliphatic imine (C=N–C) groups is 1. The molecule has 2 heterocycles. The number of allylic oxidation sites excluding steroid dienone is 3. The molecule has 3 aliphatic rings. The normalized spacial score (nSPS) is 26.1. The van der Waals surface area contributed by atoms with E-state index >= 15 is 0 Å². The molecule has 41 heavy (non-hydrogen) atoms. The predicted octanol–water partition coefficient (Wildman–Crippen LogP) is 8.03. The molecule has 2 atom stereocenters. The maximum Gasteiger partial charge on any atom is 0.418 e. The van der Waals surface area contributed by atoms with Gasteiger partial charge in [-0.1, -0.05) is 31.2 Å². The van der Waals surface area contributed by atoms with Crippen molar-refractivity contribution in [1.82, 2.24) is 9.80 Å². The van der Waals surface area contributed by atoms with E-state index in [0.717, 1.165) is 30.2 Å². The molecule has 0 unspecified atom stereocenters. The zero-order valence-corrected chi connectivity index (χ0v) is 24.7. The Kier molecular flexibility index (Phi) is 8.58. The number of benzene rings is 1. The predicted molar refractivity (Wildman–Crippen MR) is 153 cm³/mol. The van der Waals surface area contributed by atoms with Crippen LogP contribution < -0.4 is 0 Å². The van der Waals surface area contributed by atoms with Gasteiger partial charge in [-0.3, -0.25) is 4.99 Å². The molecule has 2 aliphatic heterocycles. The van der Waals surface area contributed by atoms with E-state index in [4.69, 9.17) is 4.74 Å². The summed E-state index contributed by atoms with van der Waals surface area (Å²) in [6.45, 7) is 13.8. The van der Waals surface area contributed by atoms with Gasteiger partial charge in [0, 0.05) is 38.0 Å². The van der Waals surface area contributed by atoms with Crippen molar-refractivity contribution in [3.8, 4) is 0 Å². The number of amidine groups is 1. The molecule has 9 heteroatoms. The summed E-state index contributed by atoms with van der Waals surface area (Å²) >= 11 is 0. The fourth-order valence-electron chi connectivity index (χ4n) is 5.51. The third-order valence-corrected chi connectivity index (χ3v) is 8.07. The van der Waals surface area contributed by atoms with E-state index in [1.807, 2.05) is 26.8 Å². The maximum absolute atomic E-state index is 14.6. The lowest BCUT2D eigenvalue weighted by atomic mass is 9.85. The molecule has 222 valence electrons. The van der Waals surface area contributed by atoms with Crippen molar-refractivity contribution in [3.63, 3.8) is 0 Å². The second-order valence-corrected chi connectivity index (χ2v) is 11.8. The Balaban J connectivity index is 1.75. The number of aryl methyl sites for hydroxylation is 1. The van der Waals surface area contributed by atoms with Gasteiger partial charge in [-0.15, -0.1) is 0 Å². The zero-order chi connectivity index (χ0) is 30.3. The van der Waals surface area contributed by atoms with Crippen molar-refractivity contribution >= 4 is 11.9 Å². The van der Waals surface area contributed by atoms with Crippen molar-refractivity contribution in [3.05, 3.63) is 81.9 Å². The van der Waals surface area contributed by atoms with Gasteiger partial charge in [0.25, 0.3) is 0 Å². The molecule has 1 fully saturated rings. The third-order valence-electron chi connectivity index (χ3n) is 8.07. The first-order chi connectivity index (χ1) is 19.1. The number of rotatable bonds is 5. The molecule has 1 amide bonds. The van der Waals surface area contributed by atoms with Gasteiger partial charge in [-0.05, 0) is 93.7 Å². The lowest BCUT2D eigenvalue weighted by Gasteiger charge is -2.34. The summed E-state index contributed by atoms with van der Waals surface area (Å²) in [6.07, 6.45) is 0.706. The van der Waals surface area contributed by atoms with Crippen molar-refractivity contribution < 1.29 is 27.1 Å². The molecule has 0 spiro atoms. The molecule has 4 rings (SSSR count). The Morgan fingerprint density at radius 2 is 1.93 bits per heavy atom. The molecule has 1 aliphatic carbocycles. The van der Waals surface area contributed by atoms with Gasteiger partial charge in [0.2, 0.25) is 0 Å². The number of alkyl halides is 3. The van der Waals surface area contributed by atoms with Crippen LogP contribution >= 0.6 is 0 Å². The van der Waals surface area contributed by atoms with Crippen LogP contribution in [0.1, 0.15) is 64.5 Å². The van der Waals surface area contributed by atoms with Crippen molar-refractivity contribution in [2.45, 2.75) is 84.7 Å². The van der Waals surface area contributed by atoms with Gasteiger partial charge in [-0.2, -0.15) is 13.2 Å². The van der Waals surface area contributed by atoms with E-state index < -0.39 is 23.2 Å². The molecule has 0 bridgehead atoms. The van der Waals surface area contributed by atoms with E-state index in [1.54, 1.807) is 24.8 Å². The van der Waals surface area contributed by atoms with Gasteiger partial charge >= 0.3 is 12.3 Å².